The van der Waals surface area contributed by atoms with Crippen LogP contribution < -0.4 is 15.0 Å². The number of hydrogen-bond acceptors (Lipinski definition) is 4. The molecule has 1 fully saturated rings. The minimum atomic E-state index is -0.198. The van der Waals surface area contributed by atoms with Gasteiger partial charge in [0.15, 0.2) is 6.61 Å². The summed E-state index contributed by atoms with van der Waals surface area (Å²) in [5.41, 5.74) is 2.99. The number of rotatable bonds is 7. The molecule has 2 aromatic carbocycles. The Morgan fingerprint density at radius 1 is 1.03 bits per heavy atom. The number of piperazine rings is 1. The lowest BCUT2D eigenvalue weighted by Crippen LogP contribution is -2.48. The largest absolute Gasteiger partial charge is 0.484 e. The summed E-state index contributed by atoms with van der Waals surface area (Å²) in [6.45, 7) is 8.77. The number of nitrogens with one attached hydrogen (secondary N) is 1. The highest BCUT2D eigenvalue weighted by Gasteiger charge is 2.21. The summed E-state index contributed by atoms with van der Waals surface area (Å²) in [5, 5.41) is 2.96. The van der Waals surface area contributed by atoms with E-state index in [9.17, 15) is 9.59 Å². The molecule has 0 spiro atoms. The van der Waals surface area contributed by atoms with Crippen molar-refractivity contribution in [2.45, 2.75) is 33.1 Å². The molecular weight excluding hydrogens is 378 g/mol. The zero-order chi connectivity index (χ0) is 21.5. The Labute approximate surface area is 178 Å². The van der Waals surface area contributed by atoms with Crippen LogP contribution in [0.3, 0.4) is 0 Å². The molecule has 30 heavy (non-hydrogen) atoms. The van der Waals surface area contributed by atoms with E-state index in [2.05, 4.69) is 36.2 Å². The molecule has 1 aliphatic heterocycles. The first kappa shape index (κ1) is 21.7. The number of anilines is 2. The Hall–Kier alpha value is -3.02. The molecule has 1 aliphatic rings. The SMILES string of the molecule is CCC(C)c1ccc(OCC(=O)Nc2ccccc2N2CCN(C(C)=O)CC2)cc1. The van der Waals surface area contributed by atoms with E-state index >= 15 is 0 Å². The minimum absolute atomic E-state index is 0.0465. The maximum absolute atomic E-state index is 12.5. The van der Waals surface area contributed by atoms with E-state index in [1.165, 1.54) is 5.56 Å². The first-order chi connectivity index (χ1) is 14.5. The average molecular weight is 410 g/mol. The highest BCUT2D eigenvalue weighted by Crippen LogP contribution is 2.27. The fourth-order valence-electron chi connectivity index (χ4n) is 3.58. The normalized spacial score (nSPS) is 14.9. The number of hydrogen-bond donors (Lipinski definition) is 1. The second-order valence-corrected chi connectivity index (χ2v) is 7.73. The van der Waals surface area contributed by atoms with E-state index in [1.54, 1.807) is 6.92 Å². The minimum Gasteiger partial charge on any atom is -0.484 e. The van der Waals surface area contributed by atoms with Gasteiger partial charge in [0.05, 0.1) is 11.4 Å². The van der Waals surface area contributed by atoms with E-state index in [1.807, 2.05) is 41.3 Å². The van der Waals surface area contributed by atoms with Crippen LogP contribution >= 0.6 is 0 Å². The molecule has 1 unspecified atom stereocenters. The number of amides is 2. The molecule has 160 valence electrons. The summed E-state index contributed by atoms with van der Waals surface area (Å²) in [4.78, 5) is 28.1. The van der Waals surface area contributed by atoms with Crippen molar-refractivity contribution in [3.05, 3.63) is 54.1 Å². The van der Waals surface area contributed by atoms with Gasteiger partial charge in [-0.25, -0.2) is 0 Å². The molecule has 2 aromatic rings. The summed E-state index contributed by atoms with van der Waals surface area (Å²) in [5.74, 6) is 1.10. The summed E-state index contributed by atoms with van der Waals surface area (Å²) in [6.07, 6.45) is 1.09. The van der Waals surface area contributed by atoms with E-state index in [0.29, 0.717) is 24.8 Å². The van der Waals surface area contributed by atoms with Crippen molar-refractivity contribution in [1.82, 2.24) is 4.90 Å². The third-order valence-corrected chi connectivity index (χ3v) is 5.68. The van der Waals surface area contributed by atoms with Gasteiger partial charge in [0.1, 0.15) is 5.75 Å². The molecule has 1 atom stereocenters. The van der Waals surface area contributed by atoms with E-state index in [-0.39, 0.29) is 18.4 Å². The third-order valence-electron chi connectivity index (χ3n) is 5.68. The van der Waals surface area contributed by atoms with Gasteiger partial charge in [0.2, 0.25) is 5.91 Å². The van der Waals surface area contributed by atoms with E-state index in [0.717, 1.165) is 30.9 Å². The summed E-state index contributed by atoms with van der Waals surface area (Å²) in [6, 6.07) is 15.7. The van der Waals surface area contributed by atoms with Gasteiger partial charge >= 0.3 is 0 Å². The van der Waals surface area contributed by atoms with Crippen molar-refractivity contribution in [1.29, 1.82) is 0 Å². The van der Waals surface area contributed by atoms with Crippen molar-refractivity contribution in [3.8, 4) is 5.75 Å². The molecule has 2 amide bonds. The molecule has 3 rings (SSSR count). The first-order valence-electron chi connectivity index (χ1n) is 10.6. The summed E-state index contributed by atoms with van der Waals surface area (Å²) >= 11 is 0. The Kier molecular flexibility index (Phi) is 7.33. The first-order valence-corrected chi connectivity index (χ1v) is 10.6. The zero-order valence-electron chi connectivity index (χ0n) is 18.1. The second-order valence-electron chi connectivity index (χ2n) is 7.73. The molecule has 0 bridgehead atoms. The van der Waals surface area contributed by atoms with Crippen LogP contribution in [-0.2, 0) is 9.59 Å². The number of carbonyl (C=O) groups is 2. The monoisotopic (exact) mass is 409 g/mol. The van der Waals surface area contributed by atoms with Crippen LogP contribution in [0.1, 0.15) is 38.7 Å². The quantitative estimate of drug-likeness (QED) is 0.754. The third kappa shape index (κ3) is 5.53. The molecule has 0 aliphatic carbocycles. The lowest BCUT2D eigenvalue weighted by atomic mass is 9.99. The Morgan fingerprint density at radius 2 is 1.70 bits per heavy atom. The second kappa shape index (κ2) is 10.1. The van der Waals surface area contributed by atoms with Crippen molar-refractivity contribution in [2.75, 3.05) is 43.0 Å². The number of para-hydroxylation sites is 2. The average Bonchev–Trinajstić information content (AvgIpc) is 2.78. The predicted molar refractivity (Wildman–Crippen MR) is 120 cm³/mol. The van der Waals surface area contributed by atoms with Crippen LogP contribution in [0.4, 0.5) is 11.4 Å². The molecular formula is C24H31N3O3. The summed E-state index contributed by atoms with van der Waals surface area (Å²) < 4.78 is 5.66. The Bertz CT molecular complexity index is 858. The van der Waals surface area contributed by atoms with Gasteiger partial charge in [-0.1, -0.05) is 38.1 Å². The van der Waals surface area contributed by atoms with Gasteiger partial charge in [0, 0.05) is 33.1 Å². The van der Waals surface area contributed by atoms with Crippen LogP contribution in [0.2, 0.25) is 0 Å². The standard InChI is InChI=1S/C24H31N3O3/c1-4-18(2)20-9-11-21(12-10-20)30-17-24(29)25-22-7-5-6-8-23(22)27-15-13-26(14-16-27)19(3)28/h5-12,18H,4,13-17H2,1-3H3,(H,25,29). The van der Waals surface area contributed by atoms with Gasteiger partial charge in [-0.05, 0) is 42.2 Å². The molecule has 0 aromatic heterocycles. The van der Waals surface area contributed by atoms with Gasteiger partial charge in [0.25, 0.3) is 5.91 Å². The molecule has 6 heteroatoms. The number of benzene rings is 2. The molecule has 6 nitrogen and oxygen atoms in total. The van der Waals surface area contributed by atoms with Crippen molar-refractivity contribution < 1.29 is 14.3 Å². The molecule has 0 radical (unpaired) electrons. The maximum Gasteiger partial charge on any atom is 0.262 e. The van der Waals surface area contributed by atoms with Gasteiger partial charge in [-0.15, -0.1) is 0 Å². The van der Waals surface area contributed by atoms with Gasteiger partial charge < -0.3 is 19.9 Å². The fourth-order valence-corrected chi connectivity index (χ4v) is 3.58. The molecule has 1 N–H and O–H groups in total. The number of carbonyl (C=O) groups excluding carboxylic acids is 2. The number of ether oxygens (including phenoxy) is 1. The van der Waals surface area contributed by atoms with Crippen LogP contribution in [0.25, 0.3) is 0 Å². The van der Waals surface area contributed by atoms with Crippen LogP contribution in [0.15, 0.2) is 48.5 Å². The molecule has 0 saturated carbocycles. The van der Waals surface area contributed by atoms with Crippen LogP contribution in [0.5, 0.6) is 5.75 Å². The highest BCUT2D eigenvalue weighted by molar-refractivity contribution is 5.95. The topological polar surface area (TPSA) is 61.9 Å². The molecule has 1 heterocycles. The zero-order valence-corrected chi connectivity index (χ0v) is 18.1. The van der Waals surface area contributed by atoms with Gasteiger partial charge in [-0.2, -0.15) is 0 Å². The lowest BCUT2D eigenvalue weighted by Gasteiger charge is -2.36. The van der Waals surface area contributed by atoms with E-state index < -0.39 is 0 Å². The van der Waals surface area contributed by atoms with Crippen molar-refractivity contribution in [3.63, 3.8) is 0 Å². The summed E-state index contributed by atoms with van der Waals surface area (Å²) in [7, 11) is 0. The highest BCUT2D eigenvalue weighted by atomic mass is 16.5. The lowest BCUT2D eigenvalue weighted by molar-refractivity contribution is -0.129. The Balaban J connectivity index is 1.56. The fraction of sp³-hybridized carbons (Fsp3) is 0.417. The predicted octanol–water partition coefficient (Wildman–Crippen LogP) is 3.89. The van der Waals surface area contributed by atoms with Gasteiger partial charge in [-0.3, -0.25) is 9.59 Å². The van der Waals surface area contributed by atoms with Crippen molar-refractivity contribution >= 4 is 23.2 Å². The van der Waals surface area contributed by atoms with Crippen LogP contribution in [-0.4, -0.2) is 49.5 Å². The number of nitrogens with zero attached hydrogens (tertiary/aromatic N) is 2. The van der Waals surface area contributed by atoms with E-state index in [4.69, 9.17) is 4.74 Å². The smallest absolute Gasteiger partial charge is 0.262 e. The molecule has 1 saturated heterocycles. The maximum atomic E-state index is 12.5. The van der Waals surface area contributed by atoms with Crippen molar-refractivity contribution in [2.24, 2.45) is 0 Å². The Morgan fingerprint density at radius 3 is 2.33 bits per heavy atom. The van der Waals surface area contributed by atoms with Crippen LogP contribution in [0, 0.1) is 0 Å².